The molecule has 3 heteroatoms. The number of hydrogen-bond donors (Lipinski definition) is 2. The molecule has 3 nitrogen and oxygen atoms in total. The summed E-state index contributed by atoms with van der Waals surface area (Å²) >= 11 is 0. The molecule has 0 atom stereocenters. The largest absolute Gasteiger partial charge is 0.396 e. The van der Waals surface area contributed by atoms with Crippen LogP contribution >= 0.6 is 0 Å². The van der Waals surface area contributed by atoms with Crippen molar-refractivity contribution in [2.45, 2.75) is 32.2 Å². The summed E-state index contributed by atoms with van der Waals surface area (Å²) in [4.78, 5) is 0. The molecular formula is C15H20N2O. The van der Waals surface area contributed by atoms with Crippen molar-refractivity contribution in [2.24, 2.45) is 5.41 Å². The zero-order valence-electron chi connectivity index (χ0n) is 10.7. The van der Waals surface area contributed by atoms with Gasteiger partial charge in [-0.2, -0.15) is 5.26 Å². The summed E-state index contributed by atoms with van der Waals surface area (Å²) in [5, 5.41) is 21.7. The summed E-state index contributed by atoms with van der Waals surface area (Å²) in [6.45, 7) is 1.96. The molecule has 18 heavy (non-hydrogen) atoms. The molecule has 0 aliphatic heterocycles. The van der Waals surface area contributed by atoms with E-state index in [1.54, 1.807) is 0 Å². The molecule has 1 aromatic rings. The minimum Gasteiger partial charge on any atom is -0.396 e. The molecule has 0 radical (unpaired) electrons. The van der Waals surface area contributed by atoms with Crippen LogP contribution < -0.4 is 5.32 Å². The highest BCUT2D eigenvalue weighted by molar-refractivity contribution is 5.31. The Morgan fingerprint density at radius 2 is 1.89 bits per heavy atom. The number of nitriles is 1. The Kier molecular flexibility index (Phi) is 4.35. The first kappa shape index (κ1) is 13.1. The molecule has 0 spiro atoms. The number of nitrogens with one attached hydrogen (secondary N) is 1. The molecule has 0 saturated heterocycles. The third kappa shape index (κ3) is 3.10. The smallest absolute Gasteiger partial charge is 0.0991 e. The molecule has 1 aromatic carbocycles. The number of hydrogen-bond acceptors (Lipinski definition) is 3. The Bertz CT molecular complexity index is 413. The summed E-state index contributed by atoms with van der Waals surface area (Å²) in [6.07, 6.45) is 4.73. The monoisotopic (exact) mass is 244 g/mol. The zero-order valence-corrected chi connectivity index (χ0v) is 10.7. The van der Waals surface area contributed by atoms with Gasteiger partial charge in [0.2, 0.25) is 0 Å². The fourth-order valence-electron chi connectivity index (χ4n) is 2.68. The van der Waals surface area contributed by atoms with Crippen LogP contribution in [0, 0.1) is 16.7 Å². The number of aliphatic hydroxyl groups is 1. The maximum Gasteiger partial charge on any atom is 0.0991 e. The summed E-state index contributed by atoms with van der Waals surface area (Å²) in [5.74, 6) is 0. The minimum absolute atomic E-state index is 0.104. The quantitative estimate of drug-likeness (QED) is 0.835. The highest BCUT2D eigenvalue weighted by Crippen LogP contribution is 2.36. The third-order valence-corrected chi connectivity index (χ3v) is 3.91. The lowest BCUT2D eigenvalue weighted by molar-refractivity contribution is 0.128. The van der Waals surface area contributed by atoms with Crippen molar-refractivity contribution in [1.29, 1.82) is 5.26 Å². The lowest BCUT2D eigenvalue weighted by Gasteiger charge is -2.26. The van der Waals surface area contributed by atoms with Gasteiger partial charge in [-0.1, -0.05) is 25.0 Å². The van der Waals surface area contributed by atoms with Crippen LogP contribution in [0.1, 0.15) is 36.8 Å². The third-order valence-electron chi connectivity index (χ3n) is 3.91. The van der Waals surface area contributed by atoms with Gasteiger partial charge in [0.25, 0.3) is 0 Å². The number of rotatable bonds is 5. The van der Waals surface area contributed by atoms with E-state index in [0.29, 0.717) is 5.56 Å². The Hall–Kier alpha value is -1.37. The molecule has 0 heterocycles. The fraction of sp³-hybridized carbons (Fsp3) is 0.533. The molecule has 0 unspecified atom stereocenters. The topological polar surface area (TPSA) is 56.0 Å². The Morgan fingerprint density at radius 3 is 2.44 bits per heavy atom. The molecule has 0 bridgehead atoms. The molecule has 96 valence electrons. The Morgan fingerprint density at radius 1 is 1.22 bits per heavy atom. The minimum atomic E-state index is 0.104. The van der Waals surface area contributed by atoms with Gasteiger partial charge in [0.15, 0.2) is 0 Å². The second-order valence-corrected chi connectivity index (χ2v) is 5.28. The van der Waals surface area contributed by atoms with Crippen LogP contribution in [0.4, 0.5) is 0 Å². The Balaban J connectivity index is 1.82. The highest BCUT2D eigenvalue weighted by atomic mass is 16.3. The van der Waals surface area contributed by atoms with E-state index in [1.165, 1.54) is 18.4 Å². The SMILES string of the molecule is N#Cc1ccc(CNCC2(CO)CCCC2)cc1. The van der Waals surface area contributed by atoms with E-state index < -0.39 is 0 Å². The van der Waals surface area contributed by atoms with E-state index in [0.717, 1.165) is 25.9 Å². The second kappa shape index (κ2) is 5.99. The predicted octanol–water partition coefficient (Wildman–Crippen LogP) is 2.20. The maximum atomic E-state index is 9.51. The number of nitrogens with zero attached hydrogens (tertiary/aromatic N) is 1. The van der Waals surface area contributed by atoms with Crippen LogP contribution in [0.15, 0.2) is 24.3 Å². The van der Waals surface area contributed by atoms with Crippen molar-refractivity contribution >= 4 is 0 Å². The van der Waals surface area contributed by atoms with Crippen LogP contribution in [0.5, 0.6) is 0 Å². The van der Waals surface area contributed by atoms with Crippen molar-refractivity contribution in [1.82, 2.24) is 5.32 Å². The van der Waals surface area contributed by atoms with Crippen molar-refractivity contribution in [3.05, 3.63) is 35.4 Å². The summed E-state index contributed by atoms with van der Waals surface area (Å²) < 4.78 is 0. The molecule has 0 aromatic heterocycles. The van der Waals surface area contributed by atoms with Crippen molar-refractivity contribution < 1.29 is 5.11 Å². The summed E-state index contributed by atoms with van der Waals surface area (Å²) in [7, 11) is 0. The first-order valence-corrected chi connectivity index (χ1v) is 6.59. The number of benzene rings is 1. The van der Waals surface area contributed by atoms with Gasteiger partial charge in [0, 0.05) is 25.1 Å². The standard InChI is InChI=1S/C15H20N2O/c16-9-13-3-5-14(6-4-13)10-17-11-15(12-18)7-1-2-8-15/h3-6,17-18H,1-2,7-8,10-12H2. The van der Waals surface area contributed by atoms with E-state index in [2.05, 4.69) is 11.4 Å². The van der Waals surface area contributed by atoms with Gasteiger partial charge in [-0.15, -0.1) is 0 Å². The molecule has 2 N–H and O–H groups in total. The van der Waals surface area contributed by atoms with Gasteiger partial charge in [-0.3, -0.25) is 0 Å². The van der Waals surface area contributed by atoms with Crippen LogP contribution in [0.2, 0.25) is 0 Å². The van der Waals surface area contributed by atoms with Crippen molar-refractivity contribution in [3.8, 4) is 6.07 Å². The average molecular weight is 244 g/mol. The lowest BCUT2D eigenvalue weighted by atomic mass is 9.87. The van der Waals surface area contributed by atoms with Crippen molar-refractivity contribution in [3.63, 3.8) is 0 Å². The molecule has 0 amide bonds. The molecular weight excluding hydrogens is 224 g/mol. The van der Waals surface area contributed by atoms with Gasteiger partial charge in [0.05, 0.1) is 11.6 Å². The van der Waals surface area contributed by atoms with Gasteiger partial charge < -0.3 is 10.4 Å². The molecule has 1 aliphatic rings. The van der Waals surface area contributed by atoms with E-state index in [4.69, 9.17) is 5.26 Å². The predicted molar refractivity (Wildman–Crippen MR) is 70.9 cm³/mol. The first-order valence-electron chi connectivity index (χ1n) is 6.59. The molecule has 1 saturated carbocycles. The Labute approximate surface area is 108 Å². The molecule has 2 rings (SSSR count). The number of aliphatic hydroxyl groups excluding tert-OH is 1. The molecule has 1 aliphatic carbocycles. The average Bonchev–Trinajstić information content (AvgIpc) is 2.89. The normalized spacial score (nSPS) is 17.6. The van der Waals surface area contributed by atoms with E-state index in [9.17, 15) is 5.11 Å². The van der Waals surface area contributed by atoms with Crippen molar-refractivity contribution in [2.75, 3.05) is 13.2 Å². The van der Waals surface area contributed by atoms with Crippen LogP contribution in [-0.2, 0) is 6.54 Å². The van der Waals surface area contributed by atoms with E-state index in [-0.39, 0.29) is 12.0 Å². The maximum absolute atomic E-state index is 9.51. The van der Waals surface area contributed by atoms with Crippen LogP contribution in [0.3, 0.4) is 0 Å². The van der Waals surface area contributed by atoms with Gasteiger partial charge in [0.1, 0.15) is 0 Å². The van der Waals surface area contributed by atoms with Crippen LogP contribution in [-0.4, -0.2) is 18.3 Å². The summed E-state index contributed by atoms with van der Waals surface area (Å²) in [6, 6.07) is 9.76. The van der Waals surface area contributed by atoms with E-state index in [1.807, 2.05) is 24.3 Å². The second-order valence-electron chi connectivity index (χ2n) is 5.28. The van der Waals surface area contributed by atoms with E-state index >= 15 is 0 Å². The lowest BCUT2D eigenvalue weighted by Crippen LogP contribution is -2.34. The zero-order chi connectivity index (χ0) is 12.8. The van der Waals surface area contributed by atoms with Gasteiger partial charge in [-0.05, 0) is 30.5 Å². The molecule has 1 fully saturated rings. The fourth-order valence-corrected chi connectivity index (χ4v) is 2.68. The summed E-state index contributed by atoms with van der Waals surface area (Å²) in [5.41, 5.74) is 1.98. The highest BCUT2D eigenvalue weighted by Gasteiger charge is 2.32. The first-order chi connectivity index (χ1) is 8.78. The van der Waals surface area contributed by atoms with Crippen LogP contribution in [0.25, 0.3) is 0 Å². The van der Waals surface area contributed by atoms with Gasteiger partial charge in [-0.25, -0.2) is 0 Å². The van der Waals surface area contributed by atoms with Gasteiger partial charge >= 0.3 is 0 Å².